The van der Waals surface area contributed by atoms with E-state index in [9.17, 15) is 0 Å². The van der Waals surface area contributed by atoms with Crippen molar-refractivity contribution < 1.29 is 0 Å². The van der Waals surface area contributed by atoms with Gasteiger partial charge in [-0.3, -0.25) is 0 Å². The average Bonchev–Trinajstić information content (AvgIpc) is 2.88. The Kier molecular flexibility index (Phi) is 8.05. The Bertz CT molecular complexity index is 1510. The van der Waals surface area contributed by atoms with Crippen LogP contribution < -0.4 is 10.6 Å². The highest BCUT2D eigenvalue weighted by Gasteiger charge is 2.17. The molecule has 2 N–H and O–H groups in total. The van der Waals surface area contributed by atoms with E-state index in [0.29, 0.717) is 0 Å². The molecular weight excluding hydrogens is 590 g/mol. The van der Waals surface area contributed by atoms with Gasteiger partial charge in [-0.05, 0) is 110 Å². The summed E-state index contributed by atoms with van der Waals surface area (Å²) in [6, 6.07) is 22.6. The van der Waals surface area contributed by atoms with Crippen LogP contribution >= 0.6 is 46.4 Å². The smallest absolute Gasteiger partial charge is 0.232 e. The second kappa shape index (κ2) is 11.5. The van der Waals surface area contributed by atoms with E-state index in [0.717, 1.165) is 33.6 Å². The van der Waals surface area contributed by atoms with Crippen LogP contribution in [0.25, 0.3) is 22.3 Å². The molecule has 0 radical (unpaired) electrons. The molecule has 0 aliphatic rings. The Balaban J connectivity index is 1.42. The minimum absolute atomic E-state index is 0.0222. The Morgan fingerprint density at radius 1 is 0.475 bits per heavy atom. The number of nitrogens with zero attached hydrogens (tertiary/aromatic N) is 6. The molecule has 8 nitrogen and oxygen atoms in total. The van der Waals surface area contributed by atoms with Gasteiger partial charge in [0.2, 0.25) is 33.0 Å². The van der Waals surface area contributed by atoms with Crippen molar-refractivity contribution in [3.05, 3.63) is 93.4 Å². The van der Waals surface area contributed by atoms with Crippen molar-refractivity contribution in [1.29, 1.82) is 0 Å². The summed E-state index contributed by atoms with van der Waals surface area (Å²) in [6.45, 7) is 6.60. The van der Waals surface area contributed by atoms with E-state index in [1.807, 2.05) is 48.5 Å². The van der Waals surface area contributed by atoms with Crippen LogP contribution in [0.3, 0.4) is 0 Å². The van der Waals surface area contributed by atoms with Gasteiger partial charge in [0.15, 0.2) is 0 Å². The first-order valence-corrected chi connectivity index (χ1v) is 13.6. The van der Waals surface area contributed by atoms with Gasteiger partial charge in [0.1, 0.15) is 0 Å². The van der Waals surface area contributed by atoms with E-state index in [1.165, 1.54) is 5.56 Å². The summed E-state index contributed by atoms with van der Waals surface area (Å²) >= 11 is 23.5. The molecule has 0 amide bonds. The zero-order valence-corrected chi connectivity index (χ0v) is 24.6. The lowest BCUT2D eigenvalue weighted by Crippen LogP contribution is -2.11. The molecule has 202 valence electrons. The maximum atomic E-state index is 5.89. The van der Waals surface area contributed by atoms with Crippen molar-refractivity contribution in [3.63, 3.8) is 0 Å². The molecule has 3 aromatic carbocycles. The van der Waals surface area contributed by atoms with Crippen molar-refractivity contribution in [2.24, 2.45) is 0 Å². The quantitative estimate of drug-likeness (QED) is 0.196. The first-order valence-electron chi connectivity index (χ1n) is 12.1. The highest BCUT2D eigenvalue weighted by molar-refractivity contribution is 6.31. The standard InChI is InChI=1S/C28H22Cl4N8/c1-28(2,3)19-13-17(15-4-8-20(9-5-15)33-26-37-22(29)35-23(30)38-26)12-18(14-19)16-6-10-21(11-7-16)34-27-39-24(31)36-25(32)40-27/h4-14H,1-3H3,(H,33,35,37,38)(H,34,36,39,40). The molecule has 0 aliphatic carbocycles. The van der Waals surface area contributed by atoms with Crippen molar-refractivity contribution >= 4 is 69.7 Å². The molecule has 0 saturated carbocycles. The number of nitrogens with one attached hydrogen (secondary N) is 2. The summed E-state index contributed by atoms with van der Waals surface area (Å²) < 4.78 is 0. The molecule has 0 unspecified atom stereocenters. The van der Waals surface area contributed by atoms with Crippen molar-refractivity contribution in [1.82, 2.24) is 29.9 Å². The van der Waals surface area contributed by atoms with Crippen molar-refractivity contribution in [2.45, 2.75) is 26.2 Å². The molecule has 5 aromatic rings. The molecule has 0 atom stereocenters. The second-order valence-corrected chi connectivity index (χ2v) is 11.2. The van der Waals surface area contributed by atoms with Gasteiger partial charge in [-0.1, -0.05) is 57.2 Å². The highest BCUT2D eigenvalue weighted by Crippen LogP contribution is 2.34. The Labute approximate surface area is 251 Å². The van der Waals surface area contributed by atoms with Crippen molar-refractivity contribution in [2.75, 3.05) is 10.6 Å². The fourth-order valence-corrected chi connectivity index (χ4v) is 4.63. The summed E-state index contributed by atoms with van der Waals surface area (Å²) in [5.41, 5.74) is 7.05. The van der Waals surface area contributed by atoms with Crippen LogP contribution in [0.1, 0.15) is 26.3 Å². The summed E-state index contributed by atoms with van der Waals surface area (Å²) in [5, 5.41) is 6.29. The van der Waals surface area contributed by atoms with Gasteiger partial charge >= 0.3 is 0 Å². The predicted molar refractivity (Wildman–Crippen MR) is 162 cm³/mol. The number of halogens is 4. The molecule has 40 heavy (non-hydrogen) atoms. The third-order valence-electron chi connectivity index (χ3n) is 5.91. The minimum Gasteiger partial charge on any atom is -0.324 e. The molecule has 0 aliphatic heterocycles. The maximum Gasteiger partial charge on any atom is 0.232 e. The number of hydrogen-bond acceptors (Lipinski definition) is 8. The lowest BCUT2D eigenvalue weighted by Gasteiger charge is -2.22. The number of anilines is 4. The number of rotatable bonds is 6. The van der Waals surface area contributed by atoms with E-state index in [4.69, 9.17) is 46.4 Å². The Morgan fingerprint density at radius 3 is 1.15 bits per heavy atom. The van der Waals surface area contributed by atoms with Gasteiger partial charge in [0.25, 0.3) is 0 Å². The molecule has 0 saturated heterocycles. The van der Waals surface area contributed by atoms with Gasteiger partial charge in [-0.25, -0.2) is 0 Å². The highest BCUT2D eigenvalue weighted by atomic mass is 35.5. The minimum atomic E-state index is -0.0534. The molecule has 2 aromatic heterocycles. The lowest BCUT2D eigenvalue weighted by atomic mass is 9.83. The van der Waals surface area contributed by atoms with Crippen LogP contribution in [0.4, 0.5) is 23.3 Å². The SMILES string of the molecule is CC(C)(C)c1cc(-c2ccc(Nc3nc(Cl)nc(Cl)n3)cc2)cc(-c2ccc(Nc3nc(Cl)nc(Cl)n3)cc2)c1. The second-order valence-electron chi connectivity index (χ2n) is 9.85. The zero-order chi connectivity index (χ0) is 28.4. The van der Waals surface area contributed by atoms with E-state index in [2.05, 4.69) is 79.5 Å². The van der Waals surface area contributed by atoms with E-state index < -0.39 is 0 Å². The maximum absolute atomic E-state index is 5.89. The zero-order valence-electron chi connectivity index (χ0n) is 21.5. The van der Waals surface area contributed by atoms with Gasteiger partial charge in [0.05, 0.1) is 0 Å². The number of hydrogen-bond donors (Lipinski definition) is 2. The summed E-state index contributed by atoms with van der Waals surface area (Å²) in [5.74, 6) is 0.545. The predicted octanol–water partition coefficient (Wildman–Crippen LogP) is 8.79. The molecule has 2 heterocycles. The average molecular weight is 612 g/mol. The molecule has 0 fully saturated rings. The van der Waals surface area contributed by atoms with Crippen LogP contribution in [0, 0.1) is 0 Å². The first kappa shape index (κ1) is 28.0. The molecule has 12 heteroatoms. The fraction of sp³-hybridized carbons (Fsp3) is 0.143. The van der Waals surface area contributed by atoms with Gasteiger partial charge in [-0.15, -0.1) is 0 Å². The fourth-order valence-electron chi connectivity index (χ4n) is 3.91. The molecule has 5 rings (SSSR count). The number of aromatic nitrogens is 6. The molecular formula is C28H22Cl4N8. The van der Waals surface area contributed by atoms with E-state index >= 15 is 0 Å². The van der Waals surface area contributed by atoms with Crippen LogP contribution in [0.15, 0.2) is 66.7 Å². The largest absolute Gasteiger partial charge is 0.324 e. The van der Waals surface area contributed by atoms with Gasteiger partial charge in [-0.2, -0.15) is 29.9 Å². The Hall–Kier alpha value is -3.56. The van der Waals surface area contributed by atoms with Crippen LogP contribution in [0.2, 0.25) is 21.1 Å². The topological polar surface area (TPSA) is 101 Å². The third kappa shape index (κ3) is 6.95. The summed E-state index contributed by atoms with van der Waals surface area (Å²) in [7, 11) is 0. The monoisotopic (exact) mass is 610 g/mol. The van der Waals surface area contributed by atoms with Crippen LogP contribution in [-0.4, -0.2) is 29.9 Å². The van der Waals surface area contributed by atoms with E-state index in [-0.39, 0.29) is 38.4 Å². The summed E-state index contributed by atoms with van der Waals surface area (Å²) in [6.07, 6.45) is 0. The van der Waals surface area contributed by atoms with E-state index in [1.54, 1.807) is 0 Å². The van der Waals surface area contributed by atoms with Gasteiger partial charge < -0.3 is 10.6 Å². The normalized spacial score (nSPS) is 11.4. The molecule has 0 spiro atoms. The lowest BCUT2D eigenvalue weighted by molar-refractivity contribution is 0.590. The van der Waals surface area contributed by atoms with Gasteiger partial charge in [0, 0.05) is 11.4 Å². The van der Waals surface area contributed by atoms with Crippen LogP contribution in [0.5, 0.6) is 0 Å². The first-order chi connectivity index (χ1) is 19.0. The van der Waals surface area contributed by atoms with Crippen molar-refractivity contribution in [3.8, 4) is 22.3 Å². The number of benzene rings is 3. The summed E-state index contributed by atoms with van der Waals surface area (Å²) in [4.78, 5) is 23.7. The molecule has 0 bridgehead atoms. The third-order valence-corrected chi connectivity index (χ3v) is 6.59. The van der Waals surface area contributed by atoms with Crippen LogP contribution in [-0.2, 0) is 5.41 Å². The Morgan fingerprint density at radius 2 is 0.825 bits per heavy atom.